The SMILES string of the molecule is CC1CCc2sc(NC(=O)c3ccccc3Br)c(C#N)c2C1. The average Bonchev–Trinajstić information content (AvgIpc) is 2.83. The largest absolute Gasteiger partial charge is 0.312 e. The molecule has 3 nitrogen and oxygen atoms in total. The molecule has 1 aromatic carbocycles. The third-order valence-electron chi connectivity index (χ3n) is 3.96. The molecule has 0 spiro atoms. The van der Waals surface area contributed by atoms with Gasteiger partial charge < -0.3 is 5.32 Å². The fourth-order valence-electron chi connectivity index (χ4n) is 2.78. The van der Waals surface area contributed by atoms with Gasteiger partial charge in [-0.05, 0) is 58.8 Å². The first-order valence-corrected chi connectivity index (χ1v) is 8.81. The summed E-state index contributed by atoms with van der Waals surface area (Å²) in [5, 5.41) is 13.1. The number of amides is 1. The van der Waals surface area contributed by atoms with Crippen molar-refractivity contribution in [1.82, 2.24) is 0 Å². The lowest BCUT2D eigenvalue weighted by Crippen LogP contribution is -2.13. The van der Waals surface area contributed by atoms with Crippen LogP contribution < -0.4 is 5.32 Å². The molecule has 0 saturated carbocycles. The summed E-state index contributed by atoms with van der Waals surface area (Å²) >= 11 is 4.94. The van der Waals surface area contributed by atoms with Crippen LogP contribution in [-0.4, -0.2) is 5.91 Å². The molecule has 112 valence electrons. The first kappa shape index (κ1) is 15.3. The lowest BCUT2D eigenvalue weighted by atomic mass is 9.88. The maximum Gasteiger partial charge on any atom is 0.257 e. The number of anilines is 1. The van der Waals surface area contributed by atoms with Gasteiger partial charge in [0.05, 0.1) is 11.1 Å². The Kier molecular flexibility index (Phi) is 4.32. The van der Waals surface area contributed by atoms with Crippen molar-refractivity contribution in [2.75, 3.05) is 5.32 Å². The minimum Gasteiger partial charge on any atom is -0.312 e. The Bertz CT molecular complexity index is 775. The standard InChI is InChI=1S/C17H15BrN2OS/c1-10-6-7-15-12(8-10)13(9-19)17(22-15)20-16(21)11-4-2-3-5-14(11)18/h2-5,10H,6-8H2,1H3,(H,20,21). The van der Waals surface area contributed by atoms with Crippen molar-refractivity contribution < 1.29 is 4.79 Å². The van der Waals surface area contributed by atoms with E-state index in [4.69, 9.17) is 0 Å². The van der Waals surface area contributed by atoms with E-state index in [9.17, 15) is 10.1 Å². The molecule has 22 heavy (non-hydrogen) atoms. The lowest BCUT2D eigenvalue weighted by molar-refractivity contribution is 0.102. The Labute approximate surface area is 142 Å². The zero-order valence-electron chi connectivity index (χ0n) is 12.1. The quantitative estimate of drug-likeness (QED) is 0.823. The van der Waals surface area contributed by atoms with Crippen LogP contribution in [-0.2, 0) is 12.8 Å². The molecule has 1 amide bonds. The summed E-state index contributed by atoms with van der Waals surface area (Å²) in [6.45, 7) is 2.21. The van der Waals surface area contributed by atoms with Crippen LogP contribution in [0.2, 0.25) is 0 Å². The van der Waals surface area contributed by atoms with E-state index in [1.54, 1.807) is 17.4 Å². The topological polar surface area (TPSA) is 52.9 Å². The van der Waals surface area contributed by atoms with Gasteiger partial charge in [0.1, 0.15) is 11.1 Å². The fourth-order valence-corrected chi connectivity index (χ4v) is 4.43. The smallest absolute Gasteiger partial charge is 0.257 e. The minimum absolute atomic E-state index is 0.185. The molecule has 1 unspecified atom stereocenters. The van der Waals surface area contributed by atoms with E-state index in [2.05, 4.69) is 34.2 Å². The molecule has 2 aromatic rings. The van der Waals surface area contributed by atoms with Gasteiger partial charge in [0, 0.05) is 9.35 Å². The van der Waals surface area contributed by atoms with Crippen molar-refractivity contribution in [1.29, 1.82) is 5.26 Å². The third kappa shape index (κ3) is 2.81. The second kappa shape index (κ2) is 6.23. The van der Waals surface area contributed by atoms with Gasteiger partial charge in [0.25, 0.3) is 5.91 Å². The van der Waals surface area contributed by atoms with Crippen LogP contribution in [0.15, 0.2) is 28.7 Å². The van der Waals surface area contributed by atoms with E-state index in [1.165, 1.54) is 4.88 Å². The molecule has 1 aliphatic carbocycles. The number of aryl methyl sites for hydroxylation is 1. The number of benzene rings is 1. The Hall–Kier alpha value is -1.64. The Morgan fingerprint density at radius 2 is 2.23 bits per heavy atom. The molecule has 0 radical (unpaired) electrons. The number of nitriles is 1. The van der Waals surface area contributed by atoms with Crippen molar-refractivity contribution in [3.8, 4) is 6.07 Å². The third-order valence-corrected chi connectivity index (χ3v) is 5.86. The summed E-state index contributed by atoms with van der Waals surface area (Å²) in [4.78, 5) is 13.7. The second-order valence-corrected chi connectivity index (χ2v) is 7.56. The number of hydrogen-bond donors (Lipinski definition) is 1. The molecule has 5 heteroatoms. The van der Waals surface area contributed by atoms with Crippen LogP contribution in [0.4, 0.5) is 5.00 Å². The molecule has 1 N–H and O–H groups in total. The average molecular weight is 375 g/mol. The van der Waals surface area contributed by atoms with Crippen molar-refractivity contribution in [2.45, 2.75) is 26.2 Å². The summed E-state index contributed by atoms with van der Waals surface area (Å²) in [6.07, 6.45) is 3.08. The number of hydrogen-bond acceptors (Lipinski definition) is 3. The van der Waals surface area contributed by atoms with Gasteiger partial charge in [-0.3, -0.25) is 4.79 Å². The molecule has 0 fully saturated rings. The van der Waals surface area contributed by atoms with E-state index in [-0.39, 0.29) is 5.91 Å². The number of carbonyl (C=O) groups is 1. The van der Waals surface area contributed by atoms with E-state index in [0.717, 1.165) is 29.3 Å². The van der Waals surface area contributed by atoms with Gasteiger partial charge in [0.2, 0.25) is 0 Å². The van der Waals surface area contributed by atoms with E-state index < -0.39 is 0 Å². The van der Waals surface area contributed by atoms with Crippen molar-refractivity contribution in [2.24, 2.45) is 5.92 Å². The van der Waals surface area contributed by atoms with E-state index >= 15 is 0 Å². The summed E-state index contributed by atoms with van der Waals surface area (Å²) in [6, 6.07) is 9.57. The normalized spacial score (nSPS) is 16.7. The number of nitrogens with one attached hydrogen (secondary N) is 1. The molecule has 3 rings (SSSR count). The highest BCUT2D eigenvalue weighted by Gasteiger charge is 2.25. The van der Waals surface area contributed by atoms with Crippen LogP contribution in [0.3, 0.4) is 0 Å². The van der Waals surface area contributed by atoms with E-state index in [1.807, 2.05) is 18.2 Å². The number of nitrogens with zero attached hydrogens (tertiary/aromatic N) is 1. The van der Waals surface area contributed by atoms with Crippen molar-refractivity contribution in [3.05, 3.63) is 50.3 Å². The molecule has 1 aromatic heterocycles. The van der Waals surface area contributed by atoms with Crippen LogP contribution in [0.1, 0.15) is 39.7 Å². The van der Waals surface area contributed by atoms with E-state index in [0.29, 0.717) is 22.0 Å². The number of halogens is 1. The summed E-state index contributed by atoms with van der Waals surface area (Å²) in [5.74, 6) is 0.414. The van der Waals surface area contributed by atoms with Gasteiger partial charge in [0.15, 0.2) is 0 Å². The Balaban J connectivity index is 1.92. The number of thiophene rings is 1. The molecular weight excluding hydrogens is 360 g/mol. The highest BCUT2D eigenvalue weighted by Crippen LogP contribution is 2.39. The fraction of sp³-hybridized carbons (Fsp3) is 0.294. The van der Waals surface area contributed by atoms with Crippen LogP contribution >= 0.6 is 27.3 Å². The molecule has 1 atom stereocenters. The number of fused-ring (bicyclic) bond motifs is 1. The summed E-state index contributed by atoms with van der Waals surface area (Å²) in [7, 11) is 0. The Morgan fingerprint density at radius 3 is 2.95 bits per heavy atom. The zero-order chi connectivity index (χ0) is 15.7. The number of carbonyl (C=O) groups excluding carboxylic acids is 1. The first-order valence-electron chi connectivity index (χ1n) is 7.20. The molecule has 0 aliphatic heterocycles. The van der Waals surface area contributed by atoms with Gasteiger partial charge >= 0.3 is 0 Å². The minimum atomic E-state index is -0.185. The Morgan fingerprint density at radius 1 is 1.45 bits per heavy atom. The zero-order valence-corrected chi connectivity index (χ0v) is 14.6. The van der Waals surface area contributed by atoms with Crippen LogP contribution in [0, 0.1) is 17.2 Å². The van der Waals surface area contributed by atoms with Gasteiger partial charge in [-0.2, -0.15) is 5.26 Å². The van der Waals surface area contributed by atoms with Crippen molar-refractivity contribution in [3.63, 3.8) is 0 Å². The molecular formula is C17H15BrN2OS. The van der Waals surface area contributed by atoms with Gasteiger partial charge in [-0.25, -0.2) is 0 Å². The predicted molar refractivity (Wildman–Crippen MR) is 92.3 cm³/mol. The summed E-state index contributed by atoms with van der Waals surface area (Å²) in [5.41, 5.74) is 2.35. The highest BCUT2D eigenvalue weighted by molar-refractivity contribution is 9.10. The highest BCUT2D eigenvalue weighted by atomic mass is 79.9. The van der Waals surface area contributed by atoms with Crippen molar-refractivity contribution >= 4 is 38.2 Å². The van der Waals surface area contributed by atoms with Gasteiger partial charge in [-0.1, -0.05) is 19.1 Å². The monoisotopic (exact) mass is 374 g/mol. The maximum atomic E-state index is 12.4. The first-order chi connectivity index (χ1) is 10.6. The molecule has 0 saturated heterocycles. The molecule has 1 aliphatic rings. The number of rotatable bonds is 2. The van der Waals surface area contributed by atoms with Gasteiger partial charge in [-0.15, -0.1) is 11.3 Å². The lowest BCUT2D eigenvalue weighted by Gasteiger charge is -2.17. The van der Waals surface area contributed by atoms with Crippen LogP contribution in [0.25, 0.3) is 0 Å². The molecule has 0 bridgehead atoms. The molecule has 1 heterocycles. The predicted octanol–water partition coefficient (Wildman–Crippen LogP) is 4.76. The maximum absolute atomic E-state index is 12.4. The second-order valence-electron chi connectivity index (χ2n) is 5.60. The van der Waals surface area contributed by atoms with Crippen LogP contribution in [0.5, 0.6) is 0 Å². The summed E-state index contributed by atoms with van der Waals surface area (Å²) < 4.78 is 0.751.